The maximum Gasteiger partial charge on any atom is 0.437 e. The summed E-state index contributed by atoms with van der Waals surface area (Å²) in [5, 5.41) is 8.28. The van der Waals surface area contributed by atoms with Crippen LogP contribution in [-0.4, -0.2) is 16.4 Å². The predicted molar refractivity (Wildman–Crippen MR) is 131 cm³/mol. The minimum Gasteiger partial charge on any atom is -0.318 e. The van der Waals surface area contributed by atoms with Crippen LogP contribution >= 0.6 is 34.8 Å². The number of aryl methyl sites for hydroxylation is 1. The van der Waals surface area contributed by atoms with E-state index in [1.165, 1.54) is 0 Å². The van der Waals surface area contributed by atoms with Crippen molar-refractivity contribution in [2.45, 2.75) is 33.6 Å². The van der Waals surface area contributed by atoms with E-state index < -0.39 is 6.09 Å². The highest BCUT2D eigenvalue weighted by atomic mass is 35.5. The van der Waals surface area contributed by atoms with E-state index in [1.807, 2.05) is 24.3 Å². The SMILES string of the molecule is Cc1cc2c(n1-c1ccc(Cl)cc1)CC(C)(C)C/C2=N\OC(=O)Nc1ccc(Cl)c(Cl)c1. The summed E-state index contributed by atoms with van der Waals surface area (Å²) in [6.45, 7) is 6.40. The van der Waals surface area contributed by atoms with E-state index in [0.29, 0.717) is 27.2 Å². The summed E-state index contributed by atoms with van der Waals surface area (Å²) in [6.07, 6.45) is 0.854. The molecule has 0 atom stereocenters. The van der Waals surface area contributed by atoms with Crippen molar-refractivity contribution < 1.29 is 9.63 Å². The summed E-state index contributed by atoms with van der Waals surface area (Å²) in [5.41, 5.74) is 5.37. The third-order valence-electron chi connectivity index (χ3n) is 5.38. The van der Waals surface area contributed by atoms with Gasteiger partial charge < -0.3 is 4.57 Å². The van der Waals surface area contributed by atoms with Crippen LogP contribution in [0.4, 0.5) is 10.5 Å². The number of hydrogen-bond acceptors (Lipinski definition) is 3. The fourth-order valence-electron chi connectivity index (χ4n) is 4.02. The number of oxime groups is 1. The number of amides is 1. The van der Waals surface area contributed by atoms with Crippen molar-refractivity contribution in [3.63, 3.8) is 0 Å². The predicted octanol–water partition coefficient (Wildman–Crippen LogP) is 7.67. The van der Waals surface area contributed by atoms with Gasteiger partial charge in [-0.05, 0) is 73.7 Å². The van der Waals surface area contributed by atoms with Gasteiger partial charge in [-0.1, -0.05) is 53.8 Å². The van der Waals surface area contributed by atoms with Gasteiger partial charge in [-0.2, -0.15) is 0 Å². The van der Waals surface area contributed by atoms with E-state index in [0.717, 1.165) is 34.8 Å². The highest BCUT2D eigenvalue weighted by molar-refractivity contribution is 6.42. The fraction of sp³-hybridized carbons (Fsp3) is 0.250. The second kappa shape index (κ2) is 8.81. The van der Waals surface area contributed by atoms with Crippen molar-refractivity contribution in [2.75, 3.05) is 5.32 Å². The lowest BCUT2D eigenvalue weighted by Crippen LogP contribution is -2.29. The van der Waals surface area contributed by atoms with Crippen LogP contribution in [0.15, 0.2) is 53.7 Å². The standard InChI is InChI=1S/C24H22Cl3N3O2/c1-14-10-18-21(29-32-23(31)28-16-6-9-19(26)20(27)11-16)12-24(2,3)13-22(18)30(14)17-7-4-15(25)5-8-17/h4-11H,12-13H2,1-3H3,(H,28,31)/b29-21+. The van der Waals surface area contributed by atoms with E-state index in [1.54, 1.807) is 18.2 Å². The lowest BCUT2D eigenvalue weighted by Gasteiger charge is -2.31. The third kappa shape index (κ3) is 4.80. The maximum atomic E-state index is 12.3. The largest absolute Gasteiger partial charge is 0.437 e. The van der Waals surface area contributed by atoms with E-state index in [2.05, 4.69) is 41.9 Å². The van der Waals surface area contributed by atoms with Crippen molar-refractivity contribution in [1.82, 2.24) is 4.57 Å². The number of nitrogens with one attached hydrogen (secondary N) is 1. The van der Waals surface area contributed by atoms with Gasteiger partial charge in [0.1, 0.15) is 0 Å². The smallest absolute Gasteiger partial charge is 0.318 e. The van der Waals surface area contributed by atoms with Gasteiger partial charge in [0.25, 0.3) is 0 Å². The zero-order valence-corrected chi connectivity index (χ0v) is 20.1. The molecule has 1 N–H and O–H groups in total. The average molecular weight is 491 g/mol. The molecule has 4 rings (SSSR count). The second-order valence-corrected chi connectivity index (χ2v) is 9.90. The summed E-state index contributed by atoms with van der Waals surface area (Å²) >= 11 is 18.0. The average Bonchev–Trinajstić information content (AvgIpc) is 3.04. The zero-order chi connectivity index (χ0) is 23.0. The molecule has 166 valence electrons. The molecule has 0 saturated carbocycles. The van der Waals surface area contributed by atoms with E-state index in [9.17, 15) is 4.79 Å². The molecule has 3 aromatic rings. The molecule has 8 heteroatoms. The van der Waals surface area contributed by atoms with Gasteiger partial charge in [-0.25, -0.2) is 4.79 Å². The first-order chi connectivity index (χ1) is 15.1. The van der Waals surface area contributed by atoms with Crippen LogP contribution in [0.2, 0.25) is 15.1 Å². The summed E-state index contributed by atoms with van der Waals surface area (Å²) in [5.74, 6) is 0. The Morgan fingerprint density at radius 2 is 1.75 bits per heavy atom. The van der Waals surface area contributed by atoms with Gasteiger partial charge >= 0.3 is 6.09 Å². The van der Waals surface area contributed by atoms with Crippen LogP contribution in [0.5, 0.6) is 0 Å². The summed E-state index contributed by atoms with van der Waals surface area (Å²) in [7, 11) is 0. The van der Waals surface area contributed by atoms with Crippen LogP contribution in [0.3, 0.4) is 0 Å². The first-order valence-electron chi connectivity index (χ1n) is 10.1. The van der Waals surface area contributed by atoms with Crippen molar-refractivity contribution in [3.8, 4) is 5.69 Å². The number of fused-ring (bicyclic) bond motifs is 1. The first-order valence-corrected chi connectivity index (χ1v) is 11.2. The monoisotopic (exact) mass is 489 g/mol. The van der Waals surface area contributed by atoms with Crippen molar-refractivity contribution >= 4 is 52.3 Å². The molecule has 2 aromatic carbocycles. The zero-order valence-electron chi connectivity index (χ0n) is 17.9. The first kappa shape index (κ1) is 22.7. The molecule has 1 aromatic heterocycles. The number of rotatable bonds is 3. The molecule has 1 amide bonds. The minimum absolute atomic E-state index is 0.0512. The third-order valence-corrected chi connectivity index (χ3v) is 6.37. The number of nitrogens with zero attached hydrogens (tertiary/aromatic N) is 2. The van der Waals surface area contributed by atoms with Crippen LogP contribution in [0, 0.1) is 12.3 Å². The van der Waals surface area contributed by atoms with E-state index in [4.69, 9.17) is 39.6 Å². The summed E-state index contributed by atoms with van der Waals surface area (Å²) in [6, 6.07) is 14.6. The normalized spacial score (nSPS) is 16.0. The van der Waals surface area contributed by atoms with E-state index in [-0.39, 0.29) is 5.41 Å². The topological polar surface area (TPSA) is 55.6 Å². The Morgan fingerprint density at radius 3 is 2.44 bits per heavy atom. The fourth-order valence-corrected chi connectivity index (χ4v) is 4.44. The molecule has 0 saturated heterocycles. The molecule has 5 nitrogen and oxygen atoms in total. The van der Waals surface area contributed by atoms with Crippen LogP contribution in [0.25, 0.3) is 5.69 Å². The number of anilines is 1. The molecular formula is C24H22Cl3N3O2. The van der Waals surface area contributed by atoms with Gasteiger partial charge in [-0.3, -0.25) is 10.2 Å². The Kier molecular flexibility index (Phi) is 6.26. The van der Waals surface area contributed by atoms with Gasteiger partial charge in [-0.15, -0.1) is 0 Å². The Bertz CT molecular complexity index is 1210. The number of carbonyl (C=O) groups excluding carboxylic acids is 1. The molecule has 0 unspecified atom stereocenters. The van der Waals surface area contributed by atoms with Crippen molar-refractivity contribution in [3.05, 3.63) is 80.6 Å². The molecule has 1 aliphatic carbocycles. The second-order valence-electron chi connectivity index (χ2n) is 8.65. The lowest BCUT2D eigenvalue weighted by atomic mass is 9.76. The summed E-state index contributed by atoms with van der Waals surface area (Å²) in [4.78, 5) is 17.5. The highest BCUT2D eigenvalue weighted by Crippen LogP contribution is 2.38. The number of aromatic nitrogens is 1. The number of hydrogen-bond donors (Lipinski definition) is 1. The van der Waals surface area contributed by atoms with Crippen LogP contribution in [-0.2, 0) is 11.3 Å². The highest BCUT2D eigenvalue weighted by Gasteiger charge is 2.33. The van der Waals surface area contributed by atoms with Crippen LogP contribution < -0.4 is 5.32 Å². The molecule has 0 bridgehead atoms. The molecule has 0 spiro atoms. The van der Waals surface area contributed by atoms with Crippen LogP contribution in [0.1, 0.15) is 37.2 Å². The number of halogens is 3. The number of benzene rings is 2. The minimum atomic E-state index is -0.699. The Balaban J connectivity index is 1.62. The molecule has 0 fully saturated rings. The molecule has 1 aliphatic rings. The number of carbonyl (C=O) groups is 1. The maximum absolute atomic E-state index is 12.3. The molecular weight excluding hydrogens is 469 g/mol. The van der Waals surface area contributed by atoms with Gasteiger partial charge in [0, 0.05) is 33.3 Å². The van der Waals surface area contributed by atoms with Crippen molar-refractivity contribution in [1.29, 1.82) is 0 Å². The lowest BCUT2D eigenvalue weighted by molar-refractivity contribution is 0.165. The Labute approximate surface area is 201 Å². The van der Waals surface area contributed by atoms with Crippen molar-refractivity contribution in [2.24, 2.45) is 10.6 Å². The van der Waals surface area contributed by atoms with E-state index >= 15 is 0 Å². The van der Waals surface area contributed by atoms with Gasteiger partial charge in [0.05, 0.1) is 15.8 Å². The summed E-state index contributed by atoms with van der Waals surface area (Å²) < 4.78 is 2.21. The van der Waals surface area contributed by atoms with Gasteiger partial charge in [0.15, 0.2) is 0 Å². The quantitative estimate of drug-likeness (QED) is 0.302. The van der Waals surface area contributed by atoms with Gasteiger partial charge in [0.2, 0.25) is 0 Å². The molecule has 1 heterocycles. The Morgan fingerprint density at radius 1 is 1.03 bits per heavy atom. The molecule has 32 heavy (non-hydrogen) atoms. The Hall–Kier alpha value is -2.47. The molecule has 0 radical (unpaired) electrons. The molecule has 0 aliphatic heterocycles.